The van der Waals surface area contributed by atoms with E-state index in [1.807, 2.05) is 35.7 Å². The molecule has 0 bridgehead atoms. The second kappa shape index (κ2) is 32.6. The molecule has 10 heteroatoms. The Morgan fingerprint density at radius 2 is 0.847 bits per heavy atom. The smallest absolute Gasteiger partial charge is 0.246 e. The average molecular weight is 1710 g/mol. The molecule has 0 unspecified atom stereocenters. The molecule has 8 nitrogen and oxygen atoms in total. The molecular formula is C108H74IrN5O3S-. The van der Waals surface area contributed by atoms with Crippen molar-refractivity contribution in [1.82, 2.24) is 24.9 Å². The Kier molecular flexibility index (Phi) is 20.7. The zero-order valence-electron chi connectivity index (χ0n) is 65.0. The van der Waals surface area contributed by atoms with E-state index in [1.165, 1.54) is 94.5 Å². The van der Waals surface area contributed by atoms with Crippen LogP contribution in [0.3, 0.4) is 0 Å². The van der Waals surface area contributed by atoms with Crippen molar-refractivity contribution in [2.75, 3.05) is 0 Å². The maximum atomic E-state index is 10.0. The van der Waals surface area contributed by atoms with Crippen LogP contribution >= 0.6 is 11.3 Å². The Balaban J connectivity index is 0.000000126. The minimum absolute atomic E-state index is 0. The number of fused-ring (bicyclic) bond motifs is 17. The van der Waals surface area contributed by atoms with Gasteiger partial charge in [0.05, 0.1) is 51.0 Å². The monoisotopic (exact) mass is 1710 g/mol. The molecular weight excluding hydrogens is 1640 g/mol. The van der Waals surface area contributed by atoms with Gasteiger partial charge in [0, 0.05) is 79.2 Å². The zero-order valence-corrected chi connectivity index (χ0v) is 68.2. The second-order valence-corrected chi connectivity index (χ2v) is 30.7. The largest absolute Gasteiger partial charge is 0.512 e. The molecule has 565 valence electrons. The third-order valence-electron chi connectivity index (χ3n) is 21.6. The summed E-state index contributed by atoms with van der Waals surface area (Å²) in [5, 5.41) is 24.7. The molecule has 6 heterocycles. The second-order valence-electron chi connectivity index (χ2n) is 29.6. The number of aromatic nitrogens is 5. The van der Waals surface area contributed by atoms with Gasteiger partial charge in [-0.05, 0) is 156 Å². The number of ketones is 1. The number of aliphatic hydroxyl groups is 1. The van der Waals surface area contributed by atoms with E-state index >= 15 is 0 Å². The molecule has 16 aromatic carbocycles. The summed E-state index contributed by atoms with van der Waals surface area (Å²) in [5.41, 5.74) is 24.7. The molecule has 118 heavy (non-hydrogen) atoms. The number of thiophene rings is 1. The van der Waals surface area contributed by atoms with Crippen molar-refractivity contribution >= 4 is 135 Å². The number of furan rings is 1. The molecule has 0 aliphatic rings. The van der Waals surface area contributed by atoms with E-state index in [0.717, 1.165) is 139 Å². The maximum Gasteiger partial charge on any atom is 0.246 e. The number of benzene rings is 16. The minimum Gasteiger partial charge on any atom is -0.512 e. The third-order valence-corrected chi connectivity index (χ3v) is 22.8. The Labute approximate surface area is 699 Å². The summed E-state index contributed by atoms with van der Waals surface area (Å²) in [7, 11) is 0. The normalized spacial score (nSPS) is 11.4. The Hall–Kier alpha value is -14.3. The molecule has 0 saturated heterocycles. The van der Waals surface area contributed by atoms with Gasteiger partial charge in [-0.15, -0.1) is 46.2 Å². The molecule has 0 atom stereocenters. The number of pyridine rings is 3. The van der Waals surface area contributed by atoms with E-state index in [0.29, 0.717) is 5.71 Å². The van der Waals surface area contributed by atoms with Crippen LogP contribution in [0.1, 0.15) is 25.0 Å². The zero-order chi connectivity index (χ0) is 79.0. The Morgan fingerprint density at radius 3 is 1.46 bits per heavy atom. The number of hydrogen-bond acceptors (Lipinski definition) is 9. The number of carbonyl (C=O) groups excluding carboxylic acids is 1. The van der Waals surface area contributed by atoms with Crippen LogP contribution in [0.4, 0.5) is 0 Å². The van der Waals surface area contributed by atoms with Gasteiger partial charge in [0.15, 0.2) is 5.78 Å². The molecule has 0 spiro atoms. The standard InChI is InChI=1S/C44H28N2.C42H24N2OS.C17H14N.C5H8O2.Ir/c1-3-13-31(14-4-1)39-27-41(35-21-19-29-11-7-9-17-33(29)25-35)45-43-37(39)23-24-38-40(32-15-5-2-6-16-32)28-42(46-44(38)43)36-22-20-30-12-8-10-18-34(30)26-36;1-3-17-33-30(14-1)31-15-2-4-18-34(31)40-38(33)39-42(45-40)43-24-36(44-39)28-13-8-11-26(23-28)25-10-7-12-27(22-25)29-19-9-20-35-32-16-5-6-21-37(32)46-41(29)35;1-12-9-13(2)11-15(10-12)17-8-7-14-5-3-4-6-16(14)18-17;1-4(6)3-5(2)7;/h1-28H;1-24H;3-10H,1-2H3;3,6H,1-2H3;/q;;-1;;. The van der Waals surface area contributed by atoms with E-state index in [2.05, 4.69) is 360 Å². The molecule has 0 aliphatic carbocycles. The van der Waals surface area contributed by atoms with Gasteiger partial charge in [-0.2, -0.15) is 0 Å². The van der Waals surface area contributed by atoms with E-state index in [9.17, 15) is 4.79 Å². The molecule has 22 aromatic rings. The molecule has 1 N–H and O–H groups in total. The molecule has 1 radical (unpaired) electrons. The van der Waals surface area contributed by atoms with Crippen LogP contribution in [-0.4, -0.2) is 35.8 Å². The number of para-hydroxylation sites is 1. The van der Waals surface area contributed by atoms with Crippen molar-refractivity contribution in [3.05, 3.63) is 393 Å². The van der Waals surface area contributed by atoms with Gasteiger partial charge >= 0.3 is 0 Å². The van der Waals surface area contributed by atoms with Crippen LogP contribution in [0.15, 0.2) is 380 Å². The number of hydrogen-bond donors (Lipinski definition) is 1. The van der Waals surface area contributed by atoms with E-state index < -0.39 is 0 Å². The molecule has 0 aliphatic heterocycles. The SMILES string of the molecule is CC(=O)C=C(C)O.Cc1[c-]c(-c2ccc3ccccc3n2)cc(C)c1.[Ir].c1cc(-c2cccc(-c3cccc4c3sc3ccccc34)c2)cc(-c2cnc3oc4c5ccccc5c5ccccc5c4c3n2)c1.c1ccc(-c2cc(-c3ccc4ccccc4c3)nc3c2ccc2c(-c4ccccc4)cc(-c4ccc5ccccc5c4)nc23)cc1. The van der Waals surface area contributed by atoms with Crippen molar-refractivity contribution < 1.29 is 34.4 Å². The van der Waals surface area contributed by atoms with Crippen LogP contribution in [0.2, 0.25) is 0 Å². The topological polar surface area (TPSA) is 115 Å². The summed E-state index contributed by atoms with van der Waals surface area (Å²) in [6.07, 6.45) is 2.99. The van der Waals surface area contributed by atoms with Crippen LogP contribution in [-0.2, 0) is 24.9 Å². The van der Waals surface area contributed by atoms with Gasteiger partial charge in [0.1, 0.15) is 11.1 Å². The summed E-state index contributed by atoms with van der Waals surface area (Å²) in [5.74, 6) is -0.0625. The van der Waals surface area contributed by atoms with Crippen LogP contribution < -0.4 is 0 Å². The average Bonchev–Trinajstić information content (AvgIpc) is 0.830. The summed E-state index contributed by atoms with van der Waals surface area (Å²) in [6, 6.07) is 130. The quantitative estimate of drug-likeness (QED) is 0.0658. The Bertz CT molecular complexity index is 7480. The third kappa shape index (κ3) is 15.0. The van der Waals surface area contributed by atoms with Crippen LogP contribution in [0.5, 0.6) is 0 Å². The minimum atomic E-state index is -0.125. The first-order valence-corrected chi connectivity index (χ1v) is 40.0. The fourth-order valence-corrected chi connectivity index (χ4v) is 17.5. The van der Waals surface area contributed by atoms with Gasteiger partial charge < -0.3 is 9.52 Å². The molecule has 0 fully saturated rings. The number of allylic oxidation sites excluding steroid dienone is 2. The van der Waals surface area contributed by atoms with E-state index in [4.69, 9.17) is 34.4 Å². The summed E-state index contributed by atoms with van der Waals surface area (Å²) >= 11 is 1.86. The molecule has 0 amide bonds. The summed E-state index contributed by atoms with van der Waals surface area (Å²) in [4.78, 5) is 35.5. The van der Waals surface area contributed by atoms with Gasteiger partial charge in [0.25, 0.3) is 0 Å². The van der Waals surface area contributed by atoms with Crippen molar-refractivity contribution in [3.63, 3.8) is 0 Å². The van der Waals surface area contributed by atoms with Crippen molar-refractivity contribution in [2.24, 2.45) is 0 Å². The first-order chi connectivity index (χ1) is 57.4. The fourth-order valence-electron chi connectivity index (χ4n) is 16.2. The number of carbonyl (C=O) groups is 1. The first-order valence-electron chi connectivity index (χ1n) is 39.2. The number of rotatable bonds is 9. The fraction of sp³-hybridized carbons (Fsp3) is 0.0370. The first kappa shape index (κ1) is 75.1. The molecule has 0 saturated carbocycles. The predicted molar refractivity (Wildman–Crippen MR) is 490 cm³/mol. The van der Waals surface area contributed by atoms with Gasteiger partial charge in [-0.1, -0.05) is 311 Å². The maximum absolute atomic E-state index is 10.0. The van der Waals surface area contributed by atoms with Crippen LogP contribution in [0, 0.1) is 19.9 Å². The van der Waals surface area contributed by atoms with E-state index in [1.54, 1.807) is 0 Å². The Morgan fingerprint density at radius 1 is 0.364 bits per heavy atom. The number of aliphatic hydroxyl groups excluding tert-OH is 1. The molecule has 22 rings (SSSR count). The van der Waals surface area contributed by atoms with Crippen molar-refractivity contribution in [1.29, 1.82) is 0 Å². The number of nitrogens with zero attached hydrogens (tertiary/aromatic N) is 5. The van der Waals surface area contributed by atoms with Crippen LogP contribution in [0.25, 0.3) is 208 Å². The van der Waals surface area contributed by atoms with Gasteiger partial charge in [-0.3, -0.25) is 9.78 Å². The molecule has 6 aromatic heterocycles. The van der Waals surface area contributed by atoms with Gasteiger partial charge in [-0.25, -0.2) is 19.9 Å². The van der Waals surface area contributed by atoms with E-state index in [-0.39, 0.29) is 31.6 Å². The summed E-state index contributed by atoms with van der Waals surface area (Å²) < 4.78 is 9.03. The predicted octanol–water partition coefficient (Wildman–Crippen LogP) is 29.2. The number of aryl methyl sites for hydroxylation is 2. The van der Waals surface area contributed by atoms with Crippen molar-refractivity contribution in [3.8, 4) is 89.5 Å². The van der Waals surface area contributed by atoms with Crippen molar-refractivity contribution in [2.45, 2.75) is 27.7 Å². The van der Waals surface area contributed by atoms with Gasteiger partial charge in [0.2, 0.25) is 5.71 Å². The summed E-state index contributed by atoms with van der Waals surface area (Å²) in [6.45, 7) is 7.02.